The van der Waals surface area contributed by atoms with Gasteiger partial charge in [0.1, 0.15) is 6.04 Å². The Morgan fingerprint density at radius 3 is 2.55 bits per heavy atom. The Hall–Kier alpha value is -0.810. The van der Waals surface area contributed by atoms with E-state index in [2.05, 4.69) is 4.74 Å². The van der Waals surface area contributed by atoms with Crippen LogP contribution in [-0.4, -0.2) is 29.2 Å². The molecular formula is C5H8ClNO4. The Morgan fingerprint density at radius 2 is 2.18 bits per heavy atom. The van der Waals surface area contributed by atoms with Gasteiger partial charge in [-0.3, -0.25) is 4.79 Å². The number of rotatable bonds is 4. The van der Waals surface area contributed by atoms with E-state index in [4.69, 9.17) is 22.4 Å². The van der Waals surface area contributed by atoms with Crippen LogP contribution in [0.25, 0.3) is 0 Å². The molecule has 3 N–H and O–H groups in total. The van der Waals surface area contributed by atoms with E-state index in [0.29, 0.717) is 0 Å². The van der Waals surface area contributed by atoms with Crippen molar-refractivity contribution in [3.05, 3.63) is 0 Å². The summed E-state index contributed by atoms with van der Waals surface area (Å²) >= 11 is 4.79. The number of carbonyl (C=O) groups is 2. The van der Waals surface area contributed by atoms with Gasteiger partial charge in [-0.25, -0.2) is 4.79 Å². The van der Waals surface area contributed by atoms with E-state index in [1.807, 2.05) is 0 Å². The number of halogens is 1. The maximum Gasteiger partial charge on any atom is 0.403 e. The van der Waals surface area contributed by atoms with E-state index >= 15 is 0 Å². The molecule has 0 saturated heterocycles. The van der Waals surface area contributed by atoms with Crippen LogP contribution >= 0.6 is 11.6 Å². The molecule has 0 aliphatic carbocycles. The van der Waals surface area contributed by atoms with E-state index in [-0.39, 0.29) is 13.0 Å². The van der Waals surface area contributed by atoms with Crippen LogP contribution in [0.15, 0.2) is 0 Å². The molecule has 0 aliphatic rings. The van der Waals surface area contributed by atoms with E-state index in [1.165, 1.54) is 0 Å². The van der Waals surface area contributed by atoms with Crippen LogP contribution < -0.4 is 5.73 Å². The average molecular weight is 182 g/mol. The van der Waals surface area contributed by atoms with Crippen molar-refractivity contribution in [3.63, 3.8) is 0 Å². The summed E-state index contributed by atoms with van der Waals surface area (Å²) < 4.78 is 4.25. The molecule has 0 aliphatic heterocycles. The zero-order valence-electron chi connectivity index (χ0n) is 5.62. The highest BCUT2D eigenvalue weighted by Crippen LogP contribution is 1.92. The summed E-state index contributed by atoms with van der Waals surface area (Å²) in [6.45, 7) is -0.0736. The molecule has 64 valence electrons. The average Bonchev–Trinajstić information content (AvgIpc) is 1.86. The minimum atomic E-state index is -1.13. The van der Waals surface area contributed by atoms with Gasteiger partial charge < -0.3 is 15.6 Å². The third-order valence-corrected chi connectivity index (χ3v) is 1.07. The largest absolute Gasteiger partial charge is 0.480 e. The lowest BCUT2D eigenvalue weighted by Crippen LogP contribution is -2.31. The number of carbonyl (C=O) groups excluding carboxylic acids is 1. The van der Waals surface area contributed by atoms with Crippen molar-refractivity contribution in [2.24, 2.45) is 5.73 Å². The summed E-state index contributed by atoms with van der Waals surface area (Å²) in [5.74, 6) is -1.13. The first-order valence-corrected chi connectivity index (χ1v) is 3.22. The lowest BCUT2D eigenvalue weighted by molar-refractivity contribution is -0.138. The molecule has 0 radical (unpaired) electrons. The number of aliphatic carboxylic acids is 1. The van der Waals surface area contributed by atoms with Gasteiger partial charge in [-0.05, 0) is 0 Å². The van der Waals surface area contributed by atoms with Crippen molar-refractivity contribution in [1.29, 1.82) is 0 Å². The number of ether oxygens (including phenoxy) is 1. The summed E-state index contributed by atoms with van der Waals surface area (Å²) in [7, 11) is 0. The number of hydrogen-bond acceptors (Lipinski definition) is 4. The van der Waals surface area contributed by atoms with Crippen LogP contribution in [0.2, 0.25) is 0 Å². The van der Waals surface area contributed by atoms with Gasteiger partial charge in [0, 0.05) is 18.0 Å². The fourth-order valence-corrected chi connectivity index (χ4v) is 0.467. The molecule has 0 rings (SSSR count). The van der Waals surface area contributed by atoms with Gasteiger partial charge in [0.25, 0.3) is 0 Å². The van der Waals surface area contributed by atoms with Gasteiger partial charge in [0.15, 0.2) is 0 Å². The lowest BCUT2D eigenvalue weighted by Gasteiger charge is -2.04. The first kappa shape index (κ1) is 10.2. The van der Waals surface area contributed by atoms with Crippen molar-refractivity contribution < 1.29 is 19.4 Å². The highest BCUT2D eigenvalue weighted by molar-refractivity contribution is 6.61. The van der Waals surface area contributed by atoms with Gasteiger partial charge in [0.05, 0.1) is 6.61 Å². The van der Waals surface area contributed by atoms with Crippen molar-refractivity contribution in [2.45, 2.75) is 12.5 Å². The molecule has 0 aromatic carbocycles. The molecule has 5 nitrogen and oxygen atoms in total. The summed E-state index contributed by atoms with van der Waals surface area (Å²) in [6.07, 6.45) is 0.0633. The van der Waals surface area contributed by atoms with E-state index in [0.717, 1.165) is 0 Å². The Labute approximate surface area is 68.1 Å². The first-order valence-electron chi connectivity index (χ1n) is 2.84. The number of nitrogens with two attached hydrogens (primary N) is 1. The summed E-state index contributed by atoms with van der Waals surface area (Å²) in [6, 6.07) is -1.01. The predicted molar refractivity (Wildman–Crippen MR) is 37.4 cm³/mol. The van der Waals surface area contributed by atoms with Gasteiger partial charge in [-0.15, -0.1) is 0 Å². The Morgan fingerprint density at radius 1 is 1.64 bits per heavy atom. The van der Waals surface area contributed by atoms with Crippen LogP contribution in [0.5, 0.6) is 0 Å². The highest BCUT2D eigenvalue weighted by atomic mass is 35.5. The molecule has 0 aromatic heterocycles. The maximum atomic E-state index is 10.1. The normalized spacial score (nSPS) is 12.2. The topological polar surface area (TPSA) is 89.6 Å². The molecule has 0 aromatic rings. The van der Waals surface area contributed by atoms with Gasteiger partial charge >= 0.3 is 11.4 Å². The monoisotopic (exact) mass is 181 g/mol. The minimum absolute atomic E-state index is 0.0633. The standard InChI is InChI=1S/C5H8ClNO4/c6-5(10)11-2-1-3(7)4(8)9/h3H,1-2,7H2,(H,8,9). The fourth-order valence-electron chi connectivity index (χ4n) is 0.390. The van der Waals surface area contributed by atoms with Crippen LogP contribution in [0, 0.1) is 0 Å². The third-order valence-electron chi connectivity index (χ3n) is 0.962. The summed E-state index contributed by atoms with van der Waals surface area (Å²) in [5, 5.41) is 8.25. The minimum Gasteiger partial charge on any atom is -0.480 e. The van der Waals surface area contributed by atoms with E-state index in [1.54, 1.807) is 0 Å². The van der Waals surface area contributed by atoms with Crippen molar-refractivity contribution in [1.82, 2.24) is 0 Å². The zero-order valence-corrected chi connectivity index (χ0v) is 6.37. The molecular weight excluding hydrogens is 174 g/mol. The summed E-state index contributed by atoms with van der Waals surface area (Å²) in [4.78, 5) is 20.0. The first-order chi connectivity index (χ1) is 5.04. The molecule has 11 heavy (non-hydrogen) atoms. The van der Waals surface area contributed by atoms with Gasteiger partial charge in [-0.1, -0.05) is 0 Å². The van der Waals surface area contributed by atoms with Gasteiger partial charge in [-0.2, -0.15) is 0 Å². The third kappa shape index (κ3) is 5.63. The second-order valence-corrected chi connectivity index (χ2v) is 2.13. The molecule has 0 amide bonds. The van der Waals surface area contributed by atoms with Crippen molar-refractivity contribution in [2.75, 3.05) is 6.61 Å². The lowest BCUT2D eigenvalue weighted by atomic mass is 10.2. The Kier molecular flexibility index (Phi) is 4.56. The molecule has 0 bridgehead atoms. The molecule has 0 fully saturated rings. The molecule has 0 saturated carbocycles. The van der Waals surface area contributed by atoms with Crippen LogP contribution in [-0.2, 0) is 9.53 Å². The van der Waals surface area contributed by atoms with E-state index in [9.17, 15) is 9.59 Å². The highest BCUT2D eigenvalue weighted by Gasteiger charge is 2.11. The quantitative estimate of drug-likeness (QED) is 0.604. The van der Waals surface area contributed by atoms with Crippen LogP contribution in [0.1, 0.15) is 6.42 Å². The van der Waals surface area contributed by atoms with Crippen LogP contribution in [0.4, 0.5) is 4.79 Å². The molecule has 1 atom stereocenters. The fraction of sp³-hybridized carbons (Fsp3) is 0.600. The Bertz CT molecular complexity index is 161. The number of carboxylic acid groups (broad SMARTS) is 1. The number of hydrogen-bond donors (Lipinski definition) is 2. The zero-order chi connectivity index (χ0) is 8.85. The molecule has 6 heteroatoms. The molecule has 1 unspecified atom stereocenters. The smallest absolute Gasteiger partial charge is 0.403 e. The maximum absolute atomic E-state index is 10.1. The number of carboxylic acids is 1. The SMILES string of the molecule is NC(CCOC(=O)Cl)C(=O)O. The second kappa shape index (κ2) is 4.92. The van der Waals surface area contributed by atoms with Crippen LogP contribution in [0.3, 0.4) is 0 Å². The molecule has 0 heterocycles. The second-order valence-electron chi connectivity index (χ2n) is 1.82. The summed E-state index contributed by atoms with van der Waals surface area (Å²) in [5.41, 5.74) is 4.11. The predicted octanol–water partition coefficient (Wildman–Crippen LogP) is 0.164. The van der Waals surface area contributed by atoms with Gasteiger partial charge in [0.2, 0.25) is 0 Å². The Balaban J connectivity index is 3.39. The van der Waals surface area contributed by atoms with E-state index < -0.39 is 17.4 Å². The van der Waals surface area contributed by atoms with Crippen molar-refractivity contribution in [3.8, 4) is 0 Å². The van der Waals surface area contributed by atoms with Crippen molar-refractivity contribution >= 4 is 23.0 Å². The molecule has 0 spiro atoms.